The Morgan fingerprint density at radius 3 is 2.58 bits per heavy atom. The highest BCUT2D eigenvalue weighted by Crippen LogP contribution is 2.29. The van der Waals surface area contributed by atoms with Crippen molar-refractivity contribution in [3.05, 3.63) is 79.5 Å². The summed E-state index contributed by atoms with van der Waals surface area (Å²) < 4.78 is 1.47. The summed E-state index contributed by atoms with van der Waals surface area (Å²) in [5.41, 5.74) is 10.9. The van der Waals surface area contributed by atoms with Crippen molar-refractivity contribution in [2.75, 3.05) is 11.1 Å². The quantitative estimate of drug-likeness (QED) is 0.513. The van der Waals surface area contributed by atoms with Crippen molar-refractivity contribution in [3.8, 4) is 0 Å². The molecule has 1 amide bonds. The van der Waals surface area contributed by atoms with E-state index in [4.69, 9.17) is 17.3 Å². The van der Waals surface area contributed by atoms with E-state index >= 15 is 0 Å². The fraction of sp³-hybridized carbons (Fsp3) is 0.333. The number of aryl methyl sites for hydroxylation is 3. The third kappa shape index (κ3) is 4.85. The van der Waals surface area contributed by atoms with Gasteiger partial charge in [0.15, 0.2) is 11.0 Å². The Morgan fingerprint density at radius 1 is 1.15 bits per heavy atom. The summed E-state index contributed by atoms with van der Waals surface area (Å²) in [7, 11) is 0. The zero-order valence-corrected chi connectivity index (χ0v) is 19.7. The predicted molar refractivity (Wildman–Crippen MR) is 129 cm³/mol. The first-order valence-corrected chi connectivity index (χ1v) is 11.2. The number of carbonyl (C=O) groups is 1. The Hall–Kier alpha value is -3.39. The molecule has 0 fully saturated rings. The molecule has 1 aromatic carbocycles. The van der Waals surface area contributed by atoms with E-state index in [2.05, 4.69) is 38.8 Å². The minimum atomic E-state index is -0.642. The molecule has 0 aliphatic carbocycles. The van der Waals surface area contributed by atoms with E-state index in [9.17, 15) is 9.59 Å². The second kappa shape index (κ2) is 9.23. The summed E-state index contributed by atoms with van der Waals surface area (Å²) in [6.45, 7) is 6.63. The normalized spacial score (nSPS) is 14.7. The van der Waals surface area contributed by atoms with Crippen LogP contribution in [0.3, 0.4) is 0 Å². The number of fused-ring (bicyclic) bond motifs is 1. The smallest absolute Gasteiger partial charge is 0.294 e. The van der Waals surface area contributed by atoms with Gasteiger partial charge in [0.05, 0.1) is 5.69 Å². The molecule has 172 valence electrons. The largest absolute Gasteiger partial charge is 0.384 e. The number of hydrogen-bond acceptors (Lipinski definition) is 6. The molecule has 0 bridgehead atoms. The Labute approximate surface area is 197 Å². The Balaban J connectivity index is 1.53. The number of rotatable bonds is 6. The average molecular weight is 467 g/mol. The highest BCUT2D eigenvalue weighted by molar-refractivity contribution is 6.30. The van der Waals surface area contributed by atoms with E-state index in [-0.39, 0.29) is 22.4 Å². The first-order chi connectivity index (χ1) is 15.7. The Morgan fingerprint density at radius 2 is 1.88 bits per heavy atom. The molecule has 9 heteroatoms. The number of aromatic nitrogens is 3. The molecule has 33 heavy (non-hydrogen) atoms. The second-order valence-corrected chi connectivity index (χ2v) is 8.83. The van der Waals surface area contributed by atoms with Crippen molar-refractivity contribution in [1.82, 2.24) is 19.9 Å². The minimum Gasteiger partial charge on any atom is -0.384 e. The minimum absolute atomic E-state index is 0.140. The molecule has 0 radical (unpaired) electrons. The molecule has 1 aliphatic heterocycles. The standard InChI is InChI=1S/C24H27ClN6O2/c1-13-8-14(2)10-16(9-13)11-27-22-24(33)31-18(21(25)30-22)5-6-19(31)23(32)28-12-17-4-7-20(26)29-15(17)3/h4,7-10,19H,5-6,11-12H2,1-3H3,(H2,26,29)(H,27,30)(H,28,32)/t19-/m0/s1. The highest BCUT2D eigenvalue weighted by atomic mass is 35.5. The monoisotopic (exact) mass is 466 g/mol. The van der Waals surface area contributed by atoms with Gasteiger partial charge in [0.1, 0.15) is 11.9 Å². The molecular weight excluding hydrogens is 440 g/mol. The van der Waals surface area contributed by atoms with E-state index < -0.39 is 6.04 Å². The van der Waals surface area contributed by atoms with Gasteiger partial charge in [-0.15, -0.1) is 0 Å². The molecular formula is C24H27ClN6O2. The van der Waals surface area contributed by atoms with Crippen LogP contribution in [0.4, 0.5) is 11.6 Å². The summed E-state index contributed by atoms with van der Waals surface area (Å²) in [6, 6.07) is 9.09. The first-order valence-electron chi connectivity index (χ1n) is 10.8. The van der Waals surface area contributed by atoms with Crippen LogP contribution in [0, 0.1) is 20.8 Å². The number of halogens is 1. The summed E-state index contributed by atoms with van der Waals surface area (Å²) >= 11 is 6.39. The summed E-state index contributed by atoms with van der Waals surface area (Å²) in [4.78, 5) is 34.7. The van der Waals surface area contributed by atoms with E-state index in [1.54, 1.807) is 6.07 Å². The summed E-state index contributed by atoms with van der Waals surface area (Å²) in [6.07, 6.45) is 1.00. The zero-order valence-electron chi connectivity index (χ0n) is 18.9. The third-order valence-electron chi connectivity index (χ3n) is 5.84. The van der Waals surface area contributed by atoms with Crippen LogP contribution in [0.2, 0.25) is 5.15 Å². The average Bonchev–Trinajstić information content (AvgIpc) is 3.20. The molecule has 1 aliphatic rings. The molecule has 0 unspecified atom stereocenters. The molecule has 8 nitrogen and oxygen atoms in total. The molecule has 4 rings (SSSR count). The predicted octanol–water partition coefficient (Wildman–Crippen LogP) is 3.21. The van der Waals surface area contributed by atoms with Crippen molar-refractivity contribution in [3.63, 3.8) is 0 Å². The maximum Gasteiger partial charge on any atom is 0.294 e. The van der Waals surface area contributed by atoms with Crippen LogP contribution in [0.5, 0.6) is 0 Å². The molecule has 3 aromatic rings. The number of anilines is 2. The van der Waals surface area contributed by atoms with Gasteiger partial charge >= 0.3 is 0 Å². The number of nitrogens with zero attached hydrogens (tertiary/aromatic N) is 3. The molecule has 0 saturated heterocycles. The molecule has 4 N–H and O–H groups in total. The van der Waals surface area contributed by atoms with Crippen molar-refractivity contribution < 1.29 is 4.79 Å². The SMILES string of the molecule is Cc1cc(C)cc(CNc2nc(Cl)c3n(c2=O)[C@H](C(=O)NCc2ccc(N)nc2C)CC3)c1. The number of nitrogens with two attached hydrogens (primary N) is 1. The Kier molecular flexibility index (Phi) is 6.37. The molecule has 3 heterocycles. The van der Waals surface area contributed by atoms with Gasteiger partial charge < -0.3 is 16.4 Å². The van der Waals surface area contributed by atoms with Crippen LogP contribution in [0.15, 0.2) is 35.1 Å². The topological polar surface area (TPSA) is 115 Å². The lowest BCUT2D eigenvalue weighted by atomic mass is 10.1. The van der Waals surface area contributed by atoms with Gasteiger partial charge in [-0.1, -0.05) is 47.0 Å². The number of hydrogen-bond donors (Lipinski definition) is 3. The van der Waals surface area contributed by atoms with Gasteiger partial charge in [0, 0.05) is 18.8 Å². The number of pyridine rings is 1. The van der Waals surface area contributed by atoms with Gasteiger partial charge in [0.25, 0.3) is 5.56 Å². The lowest BCUT2D eigenvalue weighted by Crippen LogP contribution is -2.36. The molecule has 1 atom stereocenters. The van der Waals surface area contributed by atoms with Gasteiger partial charge in [0.2, 0.25) is 5.91 Å². The van der Waals surface area contributed by atoms with Gasteiger partial charge in [-0.25, -0.2) is 9.97 Å². The van der Waals surface area contributed by atoms with Crippen LogP contribution >= 0.6 is 11.6 Å². The lowest BCUT2D eigenvalue weighted by Gasteiger charge is -2.17. The summed E-state index contributed by atoms with van der Waals surface area (Å²) in [5, 5.41) is 6.26. The van der Waals surface area contributed by atoms with Crippen LogP contribution in [-0.4, -0.2) is 20.4 Å². The fourth-order valence-corrected chi connectivity index (χ4v) is 4.59. The van der Waals surface area contributed by atoms with Gasteiger partial charge in [-0.05, 0) is 50.8 Å². The number of nitrogen functional groups attached to an aromatic ring is 1. The van der Waals surface area contributed by atoms with Crippen LogP contribution < -0.4 is 21.9 Å². The number of amides is 1. The molecule has 2 aromatic heterocycles. The van der Waals surface area contributed by atoms with Crippen molar-refractivity contribution in [2.45, 2.75) is 52.7 Å². The van der Waals surface area contributed by atoms with E-state index in [1.165, 1.54) is 4.57 Å². The third-order valence-corrected chi connectivity index (χ3v) is 6.14. The fourth-order valence-electron chi connectivity index (χ4n) is 4.32. The highest BCUT2D eigenvalue weighted by Gasteiger charge is 2.32. The van der Waals surface area contributed by atoms with Crippen LogP contribution in [0.1, 0.15) is 46.1 Å². The number of nitrogens with one attached hydrogen (secondary N) is 2. The van der Waals surface area contributed by atoms with Gasteiger partial charge in [-0.2, -0.15) is 0 Å². The molecule has 0 saturated carbocycles. The van der Waals surface area contributed by atoms with E-state index in [0.29, 0.717) is 37.4 Å². The van der Waals surface area contributed by atoms with Crippen molar-refractivity contribution in [2.24, 2.45) is 0 Å². The van der Waals surface area contributed by atoms with Crippen LogP contribution in [0.25, 0.3) is 0 Å². The lowest BCUT2D eigenvalue weighted by molar-refractivity contribution is -0.124. The summed E-state index contributed by atoms with van der Waals surface area (Å²) in [5.74, 6) is 0.331. The van der Waals surface area contributed by atoms with Crippen LogP contribution in [-0.2, 0) is 24.3 Å². The zero-order chi connectivity index (χ0) is 23.7. The maximum atomic E-state index is 13.2. The van der Waals surface area contributed by atoms with Gasteiger partial charge in [-0.3, -0.25) is 14.2 Å². The second-order valence-electron chi connectivity index (χ2n) is 8.48. The van der Waals surface area contributed by atoms with Crippen molar-refractivity contribution >= 4 is 29.1 Å². The first kappa shape index (κ1) is 22.8. The number of benzene rings is 1. The Bertz CT molecular complexity index is 1270. The maximum absolute atomic E-state index is 13.2. The van der Waals surface area contributed by atoms with Crippen molar-refractivity contribution in [1.29, 1.82) is 0 Å². The van der Waals surface area contributed by atoms with E-state index in [1.807, 2.05) is 26.8 Å². The van der Waals surface area contributed by atoms with E-state index in [0.717, 1.165) is 27.9 Å². The molecule has 0 spiro atoms. The number of carbonyl (C=O) groups excluding carboxylic acids is 1.